The van der Waals surface area contributed by atoms with Crippen molar-refractivity contribution in [1.29, 1.82) is 0 Å². The van der Waals surface area contributed by atoms with Crippen LogP contribution in [0.15, 0.2) is 24.4 Å². The quantitative estimate of drug-likeness (QED) is 0.574. The van der Waals surface area contributed by atoms with Gasteiger partial charge in [-0.2, -0.15) is 0 Å². The number of aromatic nitrogens is 1. The number of ether oxygens (including phenoxy) is 2. The molecule has 4 nitrogen and oxygen atoms in total. The van der Waals surface area contributed by atoms with Gasteiger partial charge in [-0.15, -0.1) is 6.42 Å². The van der Waals surface area contributed by atoms with E-state index in [-0.39, 0.29) is 18.7 Å². The predicted octanol–water partition coefficient (Wildman–Crippen LogP) is 3.92. The number of esters is 1. The standard InChI is InChI=1S/C19H23NO3/c1-5-11-22-17(7-3)18-14(4)16(19(21)23-12-6-2)13-15-9-8-10-20(15)18/h1,8-10,13,17H,6-7,11-12H2,2-4H3. The maximum atomic E-state index is 12.4. The summed E-state index contributed by atoms with van der Waals surface area (Å²) in [6, 6.07) is 5.78. The van der Waals surface area contributed by atoms with Crippen LogP contribution in [0.5, 0.6) is 0 Å². The maximum absolute atomic E-state index is 12.4. The first-order valence-corrected chi connectivity index (χ1v) is 7.96. The van der Waals surface area contributed by atoms with E-state index in [0.717, 1.165) is 29.6 Å². The second kappa shape index (κ2) is 7.85. The topological polar surface area (TPSA) is 39.9 Å². The third-order valence-corrected chi connectivity index (χ3v) is 3.82. The van der Waals surface area contributed by atoms with Crippen molar-refractivity contribution in [2.45, 2.75) is 39.7 Å². The highest BCUT2D eigenvalue weighted by Gasteiger charge is 2.22. The second-order valence-corrected chi connectivity index (χ2v) is 5.42. The summed E-state index contributed by atoms with van der Waals surface area (Å²) in [5, 5.41) is 0. The Morgan fingerprint density at radius 3 is 2.87 bits per heavy atom. The molecule has 0 bridgehead atoms. The van der Waals surface area contributed by atoms with Gasteiger partial charge in [0.25, 0.3) is 0 Å². The lowest BCUT2D eigenvalue weighted by Crippen LogP contribution is -2.15. The minimum Gasteiger partial charge on any atom is -0.462 e. The van der Waals surface area contributed by atoms with Crippen molar-refractivity contribution in [2.24, 2.45) is 0 Å². The Hall–Kier alpha value is -2.25. The van der Waals surface area contributed by atoms with E-state index >= 15 is 0 Å². The van der Waals surface area contributed by atoms with Crippen LogP contribution in [0.1, 0.15) is 54.4 Å². The summed E-state index contributed by atoms with van der Waals surface area (Å²) in [5.74, 6) is 2.22. The van der Waals surface area contributed by atoms with Gasteiger partial charge in [0.15, 0.2) is 0 Å². The summed E-state index contributed by atoms with van der Waals surface area (Å²) in [6.45, 7) is 6.61. The molecule has 0 aromatic carbocycles. The average Bonchev–Trinajstić information content (AvgIpc) is 3.02. The molecule has 2 heterocycles. The van der Waals surface area contributed by atoms with E-state index in [1.807, 2.05) is 45.2 Å². The van der Waals surface area contributed by atoms with Gasteiger partial charge in [0, 0.05) is 11.7 Å². The minimum atomic E-state index is -0.291. The molecule has 23 heavy (non-hydrogen) atoms. The molecule has 122 valence electrons. The Kier molecular flexibility index (Phi) is 5.84. The Balaban J connectivity index is 2.53. The molecule has 0 aliphatic carbocycles. The Morgan fingerprint density at radius 1 is 1.43 bits per heavy atom. The Bertz CT molecular complexity index is 724. The van der Waals surface area contributed by atoms with Crippen molar-refractivity contribution in [3.05, 3.63) is 41.2 Å². The van der Waals surface area contributed by atoms with E-state index in [2.05, 4.69) is 10.3 Å². The molecule has 0 aliphatic heterocycles. The fourth-order valence-corrected chi connectivity index (χ4v) is 2.73. The van der Waals surface area contributed by atoms with Gasteiger partial charge in [0.05, 0.1) is 24.0 Å². The average molecular weight is 313 g/mol. The highest BCUT2D eigenvalue weighted by atomic mass is 16.5. The molecular weight excluding hydrogens is 290 g/mol. The Labute approximate surface area is 137 Å². The smallest absolute Gasteiger partial charge is 0.338 e. The fourth-order valence-electron chi connectivity index (χ4n) is 2.73. The molecule has 4 heteroatoms. The number of carbonyl (C=O) groups excluding carboxylic acids is 1. The largest absolute Gasteiger partial charge is 0.462 e. The number of nitrogens with zero attached hydrogens (tertiary/aromatic N) is 1. The fraction of sp³-hybridized carbons (Fsp3) is 0.421. The molecule has 0 aliphatic rings. The monoisotopic (exact) mass is 313 g/mol. The van der Waals surface area contributed by atoms with E-state index in [1.165, 1.54) is 0 Å². The van der Waals surface area contributed by atoms with Crippen molar-refractivity contribution in [3.63, 3.8) is 0 Å². The minimum absolute atomic E-state index is 0.167. The molecule has 1 atom stereocenters. The van der Waals surface area contributed by atoms with E-state index in [1.54, 1.807) is 0 Å². The summed E-state index contributed by atoms with van der Waals surface area (Å²) in [4.78, 5) is 12.4. The van der Waals surface area contributed by atoms with E-state index < -0.39 is 0 Å². The highest BCUT2D eigenvalue weighted by Crippen LogP contribution is 2.29. The van der Waals surface area contributed by atoms with Gasteiger partial charge in [-0.1, -0.05) is 19.8 Å². The number of carbonyl (C=O) groups is 1. The van der Waals surface area contributed by atoms with Gasteiger partial charge in [0.2, 0.25) is 0 Å². The van der Waals surface area contributed by atoms with Gasteiger partial charge < -0.3 is 13.9 Å². The van der Waals surface area contributed by atoms with E-state index in [0.29, 0.717) is 12.2 Å². The van der Waals surface area contributed by atoms with Crippen molar-refractivity contribution in [2.75, 3.05) is 13.2 Å². The maximum Gasteiger partial charge on any atom is 0.338 e. The molecule has 0 saturated carbocycles. The van der Waals surface area contributed by atoms with Crippen molar-refractivity contribution < 1.29 is 14.3 Å². The lowest BCUT2D eigenvalue weighted by Gasteiger charge is -2.21. The van der Waals surface area contributed by atoms with Crippen LogP contribution >= 0.6 is 0 Å². The molecule has 2 aromatic rings. The first-order chi connectivity index (χ1) is 11.1. The van der Waals surface area contributed by atoms with E-state index in [4.69, 9.17) is 15.9 Å². The molecule has 0 radical (unpaired) electrons. The lowest BCUT2D eigenvalue weighted by molar-refractivity contribution is 0.0501. The van der Waals surface area contributed by atoms with E-state index in [9.17, 15) is 4.79 Å². The number of rotatable bonds is 7. The molecular formula is C19H23NO3. The van der Waals surface area contributed by atoms with Gasteiger partial charge >= 0.3 is 5.97 Å². The first kappa shape index (κ1) is 17.1. The zero-order valence-electron chi connectivity index (χ0n) is 14.0. The molecule has 0 spiro atoms. The lowest BCUT2D eigenvalue weighted by atomic mass is 10.0. The molecule has 0 amide bonds. The molecule has 0 saturated heterocycles. The van der Waals surface area contributed by atoms with Crippen LogP contribution in [-0.4, -0.2) is 23.6 Å². The summed E-state index contributed by atoms with van der Waals surface area (Å²) in [5.41, 5.74) is 3.35. The third kappa shape index (κ3) is 3.57. The molecule has 0 fully saturated rings. The van der Waals surface area contributed by atoms with Crippen LogP contribution in [0.25, 0.3) is 5.52 Å². The zero-order valence-corrected chi connectivity index (χ0v) is 14.0. The van der Waals surface area contributed by atoms with Crippen molar-refractivity contribution in [3.8, 4) is 12.3 Å². The molecule has 2 rings (SSSR count). The van der Waals surface area contributed by atoms with Crippen LogP contribution in [0.2, 0.25) is 0 Å². The third-order valence-electron chi connectivity index (χ3n) is 3.82. The van der Waals surface area contributed by atoms with Crippen LogP contribution in [-0.2, 0) is 9.47 Å². The van der Waals surface area contributed by atoms with Crippen LogP contribution < -0.4 is 0 Å². The van der Waals surface area contributed by atoms with Crippen LogP contribution in [0.3, 0.4) is 0 Å². The Morgan fingerprint density at radius 2 is 2.22 bits per heavy atom. The number of pyridine rings is 1. The molecule has 0 N–H and O–H groups in total. The summed E-state index contributed by atoms with van der Waals surface area (Å²) in [6.07, 6.45) is 8.69. The number of terminal acetylenes is 1. The normalized spacial score (nSPS) is 12.1. The predicted molar refractivity (Wildman–Crippen MR) is 90.5 cm³/mol. The highest BCUT2D eigenvalue weighted by molar-refractivity contribution is 5.92. The first-order valence-electron chi connectivity index (χ1n) is 7.96. The zero-order chi connectivity index (χ0) is 16.8. The van der Waals surface area contributed by atoms with Crippen LogP contribution in [0, 0.1) is 19.3 Å². The van der Waals surface area contributed by atoms with Gasteiger partial charge in [0.1, 0.15) is 6.61 Å². The second-order valence-electron chi connectivity index (χ2n) is 5.42. The number of hydrogen-bond donors (Lipinski definition) is 0. The molecule has 1 unspecified atom stereocenters. The molecule has 2 aromatic heterocycles. The SMILES string of the molecule is C#CCOC(CC)c1c(C)c(C(=O)OCCC)cc2cccn12. The van der Waals surface area contributed by atoms with Gasteiger partial charge in [-0.25, -0.2) is 4.79 Å². The summed E-state index contributed by atoms with van der Waals surface area (Å²) >= 11 is 0. The van der Waals surface area contributed by atoms with Gasteiger partial charge in [-0.3, -0.25) is 0 Å². The summed E-state index contributed by atoms with van der Waals surface area (Å²) < 4.78 is 13.2. The summed E-state index contributed by atoms with van der Waals surface area (Å²) in [7, 11) is 0. The van der Waals surface area contributed by atoms with Gasteiger partial charge in [-0.05, 0) is 43.5 Å². The van der Waals surface area contributed by atoms with Crippen LogP contribution in [0.4, 0.5) is 0 Å². The van der Waals surface area contributed by atoms with Crippen molar-refractivity contribution in [1.82, 2.24) is 4.40 Å². The number of hydrogen-bond acceptors (Lipinski definition) is 3. The van der Waals surface area contributed by atoms with Crippen molar-refractivity contribution >= 4 is 11.5 Å². The number of fused-ring (bicyclic) bond motifs is 1.